The highest BCUT2D eigenvalue weighted by atomic mass is 127. The Labute approximate surface area is 200 Å². The van der Waals surface area contributed by atoms with Crippen molar-refractivity contribution in [1.29, 1.82) is 0 Å². The molecule has 3 aromatic carbocycles. The van der Waals surface area contributed by atoms with Crippen LogP contribution in [0, 0.1) is 17.4 Å². The van der Waals surface area contributed by atoms with Crippen LogP contribution in [-0.2, 0) is 0 Å². The number of amides is 1. The molecule has 0 saturated heterocycles. The normalized spacial score (nSPS) is 10.5. The Hall–Kier alpha value is -3.46. The third-order valence-corrected chi connectivity index (χ3v) is 5.33. The van der Waals surface area contributed by atoms with Crippen LogP contribution in [0.15, 0.2) is 78.9 Å². The molecule has 32 heavy (non-hydrogen) atoms. The maximum atomic E-state index is 12.4. The molecule has 1 aromatic heterocycles. The summed E-state index contributed by atoms with van der Waals surface area (Å²) in [4.78, 5) is 21.4. The van der Waals surface area contributed by atoms with Crippen molar-refractivity contribution in [3.63, 3.8) is 0 Å². The molecule has 0 aliphatic carbocycles. The molecule has 1 heterocycles. The molecule has 0 saturated carbocycles. The topological polar surface area (TPSA) is 78.9 Å². The first kappa shape index (κ1) is 21.8. The minimum atomic E-state index is -0.137. The van der Waals surface area contributed by atoms with E-state index in [4.69, 9.17) is 0 Å². The molecule has 4 aromatic rings. The smallest absolute Gasteiger partial charge is 0.255 e. The number of benzene rings is 3. The molecule has 0 unspecified atom stereocenters. The minimum absolute atomic E-state index is 0.137. The summed E-state index contributed by atoms with van der Waals surface area (Å²) in [5, 5.41) is 9.52. The number of aromatic nitrogens is 2. The number of hydrogen-bond donors (Lipinski definition) is 3. The second-order valence-corrected chi connectivity index (χ2v) is 8.59. The summed E-state index contributed by atoms with van der Waals surface area (Å²) in [6.07, 6.45) is 0. The van der Waals surface area contributed by atoms with E-state index in [1.165, 1.54) is 5.56 Å². The van der Waals surface area contributed by atoms with E-state index in [1.807, 2.05) is 67.6 Å². The Morgan fingerprint density at radius 2 is 1.31 bits per heavy atom. The van der Waals surface area contributed by atoms with Gasteiger partial charge in [-0.3, -0.25) is 4.79 Å². The lowest BCUT2D eigenvalue weighted by Gasteiger charge is -2.11. The molecule has 7 heteroatoms. The van der Waals surface area contributed by atoms with Gasteiger partial charge in [-0.15, -0.1) is 0 Å². The van der Waals surface area contributed by atoms with E-state index in [1.54, 1.807) is 6.07 Å². The minimum Gasteiger partial charge on any atom is -0.340 e. The third-order valence-electron chi connectivity index (χ3n) is 4.66. The Morgan fingerprint density at radius 3 is 1.91 bits per heavy atom. The van der Waals surface area contributed by atoms with E-state index < -0.39 is 0 Å². The number of rotatable bonds is 6. The lowest BCUT2D eigenvalue weighted by molar-refractivity contribution is 0.102. The van der Waals surface area contributed by atoms with Crippen LogP contribution >= 0.6 is 22.6 Å². The Morgan fingerprint density at radius 1 is 0.750 bits per heavy atom. The van der Waals surface area contributed by atoms with Gasteiger partial charge in [0.05, 0.1) is 0 Å². The molecule has 160 valence electrons. The fraction of sp³-hybridized carbons (Fsp3) is 0.0800. The van der Waals surface area contributed by atoms with Crippen LogP contribution in [0.2, 0.25) is 0 Å². The molecule has 0 bridgehead atoms. The van der Waals surface area contributed by atoms with Gasteiger partial charge >= 0.3 is 0 Å². The van der Waals surface area contributed by atoms with Gasteiger partial charge in [0.25, 0.3) is 5.91 Å². The molecule has 6 nitrogen and oxygen atoms in total. The van der Waals surface area contributed by atoms with Crippen molar-refractivity contribution in [3.8, 4) is 0 Å². The van der Waals surface area contributed by atoms with Gasteiger partial charge in [-0.1, -0.05) is 23.8 Å². The molecule has 4 rings (SSSR count). The lowest BCUT2D eigenvalue weighted by Crippen LogP contribution is -2.11. The quantitative estimate of drug-likeness (QED) is 0.248. The van der Waals surface area contributed by atoms with E-state index in [0.717, 1.165) is 20.6 Å². The van der Waals surface area contributed by atoms with Crippen molar-refractivity contribution < 1.29 is 4.79 Å². The third kappa shape index (κ3) is 5.82. The van der Waals surface area contributed by atoms with Gasteiger partial charge in [-0.25, -0.2) is 9.97 Å². The molecule has 0 atom stereocenters. The molecule has 3 N–H and O–H groups in total. The predicted octanol–water partition coefficient (Wildman–Crippen LogP) is 6.44. The molecule has 0 radical (unpaired) electrons. The summed E-state index contributed by atoms with van der Waals surface area (Å²) >= 11 is 2.19. The predicted molar refractivity (Wildman–Crippen MR) is 138 cm³/mol. The number of halogens is 1. The number of nitrogens with one attached hydrogen (secondary N) is 3. The van der Waals surface area contributed by atoms with Gasteiger partial charge in [0.1, 0.15) is 17.5 Å². The maximum absolute atomic E-state index is 12.4. The van der Waals surface area contributed by atoms with Gasteiger partial charge in [-0.05, 0) is 91.0 Å². The first-order valence-electron chi connectivity index (χ1n) is 10.1. The summed E-state index contributed by atoms with van der Waals surface area (Å²) in [7, 11) is 0. The maximum Gasteiger partial charge on any atom is 0.255 e. The van der Waals surface area contributed by atoms with Gasteiger partial charge in [0.2, 0.25) is 0 Å². The van der Waals surface area contributed by atoms with Crippen LogP contribution in [-0.4, -0.2) is 15.9 Å². The standard InChI is InChI=1S/C25H22IN5O/c1-16-6-8-20(9-7-16)29-23-15-24(28-17(2)27-23)30-21-10-12-22(13-11-21)31-25(32)18-4-3-5-19(26)14-18/h3-15H,1-2H3,(H,31,32)(H2,27,28,29,30). The zero-order valence-electron chi connectivity index (χ0n) is 17.7. The van der Waals surface area contributed by atoms with E-state index in [-0.39, 0.29) is 5.91 Å². The number of hydrogen-bond acceptors (Lipinski definition) is 5. The van der Waals surface area contributed by atoms with Crippen molar-refractivity contribution in [2.45, 2.75) is 13.8 Å². The van der Waals surface area contributed by atoms with Crippen LogP contribution in [0.25, 0.3) is 0 Å². The molecule has 0 aliphatic rings. The average molecular weight is 535 g/mol. The van der Waals surface area contributed by atoms with Crippen LogP contribution in [0.3, 0.4) is 0 Å². The Kier molecular flexibility index (Phi) is 6.65. The fourth-order valence-corrected chi connectivity index (χ4v) is 3.64. The van der Waals surface area contributed by atoms with Crippen molar-refractivity contribution in [2.75, 3.05) is 16.0 Å². The number of carbonyl (C=O) groups is 1. The monoisotopic (exact) mass is 535 g/mol. The summed E-state index contributed by atoms with van der Waals surface area (Å²) in [5.41, 5.74) is 4.38. The van der Waals surface area contributed by atoms with Crippen molar-refractivity contribution >= 4 is 57.2 Å². The summed E-state index contributed by atoms with van der Waals surface area (Å²) in [6.45, 7) is 3.91. The SMILES string of the molecule is Cc1ccc(Nc2cc(Nc3ccc(NC(=O)c4cccc(I)c4)cc3)nc(C)n2)cc1. The van der Waals surface area contributed by atoms with E-state index >= 15 is 0 Å². The molecule has 0 fully saturated rings. The van der Waals surface area contributed by atoms with Crippen molar-refractivity contribution in [3.05, 3.63) is 99.4 Å². The van der Waals surface area contributed by atoms with Crippen LogP contribution < -0.4 is 16.0 Å². The highest BCUT2D eigenvalue weighted by Gasteiger charge is 2.07. The van der Waals surface area contributed by atoms with Crippen LogP contribution in [0.5, 0.6) is 0 Å². The van der Waals surface area contributed by atoms with Gasteiger partial charge in [0, 0.05) is 32.3 Å². The molecule has 0 aliphatic heterocycles. The van der Waals surface area contributed by atoms with Gasteiger partial charge in [0.15, 0.2) is 0 Å². The molecular formula is C25H22IN5O. The lowest BCUT2D eigenvalue weighted by atomic mass is 10.2. The van der Waals surface area contributed by atoms with E-state index in [0.29, 0.717) is 23.0 Å². The number of nitrogens with zero attached hydrogens (tertiary/aromatic N) is 2. The van der Waals surface area contributed by atoms with Crippen LogP contribution in [0.1, 0.15) is 21.7 Å². The molecular weight excluding hydrogens is 513 g/mol. The van der Waals surface area contributed by atoms with E-state index in [9.17, 15) is 4.79 Å². The first-order valence-corrected chi connectivity index (χ1v) is 11.2. The zero-order valence-corrected chi connectivity index (χ0v) is 19.8. The van der Waals surface area contributed by atoms with Gasteiger partial charge < -0.3 is 16.0 Å². The Balaban J connectivity index is 1.43. The largest absolute Gasteiger partial charge is 0.340 e. The van der Waals surface area contributed by atoms with Gasteiger partial charge in [-0.2, -0.15) is 0 Å². The summed E-state index contributed by atoms with van der Waals surface area (Å²) < 4.78 is 1.02. The first-order chi connectivity index (χ1) is 15.4. The Bertz CT molecular complexity index is 1240. The zero-order chi connectivity index (χ0) is 22.5. The van der Waals surface area contributed by atoms with Crippen molar-refractivity contribution in [2.24, 2.45) is 0 Å². The van der Waals surface area contributed by atoms with Crippen molar-refractivity contribution in [1.82, 2.24) is 9.97 Å². The number of carbonyl (C=O) groups excluding carboxylic acids is 1. The number of aryl methyl sites for hydroxylation is 2. The second-order valence-electron chi connectivity index (χ2n) is 7.34. The highest BCUT2D eigenvalue weighted by molar-refractivity contribution is 14.1. The highest BCUT2D eigenvalue weighted by Crippen LogP contribution is 2.22. The van der Waals surface area contributed by atoms with E-state index in [2.05, 4.69) is 67.6 Å². The summed E-state index contributed by atoms with van der Waals surface area (Å²) in [5.74, 6) is 1.92. The number of anilines is 5. The molecule has 1 amide bonds. The average Bonchev–Trinajstić information content (AvgIpc) is 2.76. The fourth-order valence-electron chi connectivity index (χ4n) is 3.10. The van der Waals surface area contributed by atoms with Crippen LogP contribution in [0.4, 0.5) is 28.7 Å². The second kappa shape index (κ2) is 9.78. The summed E-state index contributed by atoms with van der Waals surface area (Å²) in [6, 6.07) is 25.0. The molecule has 0 spiro atoms.